The second-order valence-corrected chi connectivity index (χ2v) is 6.76. The number of methoxy groups -OCH3 is 2. The van der Waals surface area contributed by atoms with Crippen LogP contribution < -0.4 is 15.4 Å². The first-order valence-corrected chi connectivity index (χ1v) is 8.85. The minimum atomic E-state index is -1.10. The van der Waals surface area contributed by atoms with Crippen molar-refractivity contribution in [3.63, 3.8) is 0 Å². The number of esters is 1. The van der Waals surface area contributed by atoms with Gasteiger partial charge in [0, 0.05) is 5.69 Å². The van der Waals surface area contributed by atoms with Crippen LogP contribution in [0.2, 0.25) is 0 Å². The Hall–Kier alpha value is -3.35. The average molecular weight is 382 g/mol. The molecule has 7 nitrogen and oxygen atoms in total. The van der Waals surface area contributed by atoms with Gasteiger partial charge in [0.1, 0.15) is 11.2 Å². The molecule has 1 aliphatic carbocycles. The smallest absolute Gasteiger partial charge is 0.337 e. The van der Waals surface area contributed by atoms with Gasteiger partial charge in [0.15, 0.2) is 0 Å². The zero-order chi connectivity index (χ0) is 20.3. The summed E-state index contributed by atoms with van der Waals surface area (Å²) in [6.45, 7) is 1.91. The molecule has 0 unspecified atom stereocenters. The number of nitrogens with one attached hydrogen (secondary N) is 2. The van der Waals surface area contributed by atoms with Crippen LogP contribution in [0.15, 0.2) is 42.5 Å². The number of benzene rings is 2. The lowest BCUT2D eigenvalue weighted by atomic mass is 10.0. The normalized spacial score (nSPS) is 14.0. The van der Waals surface area contributed by atoms with Gasteiger partial charge in [-0.25, -0.2) is 4.79 Å². The van der Waals surface area contributed by atoms with Gasteiger partial charge in [0.2, 0.25) is 11.8 Å². The molecule has 2 aromatic rings. The van der Waals surface area contributed by atoms with E-state index in [0.29, 0.717) is 35.5 Å². The standard InChI is InChI=1S/C21H22N2O5/c1-13-4-9-17(27-2)16(12-13)23-20(26)21(10-11-21)19(25)22-15-7-5-14(6-8-15)18(24)28-3/h4-9,12H,10-11H2,1-3H3,(H,22,25)(H,23,26). The van der Waals surface area contributed by atoms with Crippen LogP contribution in [0.25, 0.3) is 0 Å². The van der Waals surface area contributed by atoms with Gasteiger partial charge >= 0.3 is 5.97 Å². The summed E-state index contributed by atoms with van der Waals surface area (Å²) in [7, 11) is 2.83. The predicted molar refractivity (Wildman–Crippen MR) is 104 cm³/mol. The van der Waals surface area contributed by atoms with E-state index in [4.69, 9.17) is 4.74 Å². The second kappa shape index (κ2) is 7.72. The Morgan fingerprint density at radius 2 is 1.57 bits per heavy atom. The topological polar surface area (TPSA) is 93.7 Å². The van der Waals surface area contributed by atoms with E-state index in [1.54, 1.807) is 36.4 Å². The van der Waals surface area contributed by atoms with Gasteiger partial charge in [0.05, 0.1) is 25.5 Å². The van der Waals surface area contributed by atoms with Crippen LogP contribution in [0.4, 0.5) is 11.4 Å². The number of aryl methyl sites for hydroxylation is 1. The molecule has 1 aliphatic rings. The van der Waals surface area contributed by atoms with Crippen molar-refractivity contribution in [2.24, 2.45) is 5.41 Å². The third kappa shape index (κ3) is 3.83. The maximum absolute atomic E-state index is 12.8. The number of ether oxygens (including phenoxy) is 2. The van der Waals surface area contributed by atoms with Crippen LogP contribution in [0, 0.1) is 12.3 Å². The number of amides is 2. The summed E-state index contributed by atoms with van der Waals surface area (Å²) in [4.78, 5) is 37.0. The highest BCUT2D eigenvalue weighted by Gasteiger charge is 2.56. The summed E-state index contributed by atoms with van der Waals surface area (Å²) in [5.41, 5.74) is 1.29. The zero-order valence-electron chi connectivity index (χ0n) is 16.0. The summed E-state index contributed by atoms with van der Waals surface area (Å²) in [5.74, 6) is -0.654. The lowest BCUT2D eigenvalue weighted by Gasteiger charge is -2.17. The summed E-state index contributed by atoms with van der Waals surface area (Å²) in [6, 6.07) is 11.8. The molecule has 0 radical (unpaired) electrons. The van der Waals surface area contributed by atoms with Gasteiger partial charge in [-0.1, -0.05) is 6.07 Å². The van der Waals surface area contributed by atoms with E-state index in [-0.39, 0.29) is 11.8 Å². The molecule has 0 aromatic heterocycles. The molecular weight excluding hydrogens is 360 g/mol. The van der Waals surface area contributed by atoms with Crippen molar-refractivity contribution in [1.29, 1.82) is 0 Å². The van der Waals surface area contributed by atoms with Crippen LogP contribution in [0.5, 0.6) is 5.75 Å². The fourth-order valence-corrected chi connectivity index (χ4v) is 2.90. The molecule has 0 saturated heterocycles. The molecule has 146 valence electrons. The molecule has 7 heteroatoms. The van der Waals surface area contributed by atoms with E-state index in [1.165, 1.54) is 14.2 Å². The zero-order valence-corrected chi connectivity index (χ0v) is 16.0. The van der Waals surface area contributed by atoms with E-state index in [0.717, 1.165) is 5.56 Å². The van der Waals surface area contributed by atoms with Gasteiger partial charge in [-0.2, -0.15) is 0 Å². The Labute approximate surface area is 163 Å². The molecule has 0 spiro atoms. The van der Waals surface area contributed by atoms with Crippen molar-refractivity contribution in [2.75, 3.05) is 24.9 Å². The molecule has 1 fully saturated rings. The van der Waals surface area contributed by atoms with E-state index in [1.807, 2.05) is 13.0 Å². The molecule has 0 heterocycles. The van der Waals surface area contributed by atoms with Crippen LogP contribution in [0.1, 0.15) is 28.8 Å². The fraction of sp³-hybridized carbons (Fsp3) is 0.286. The SMILES string of the molecule is COC(=O)c1ccc(NC(=O)C2(C(=O)Nc3cc(C)ccc3OC)CC2)cc1. The Balaban J connectivity index is 1.71. The third-order valence-corrected chi connectivity index (χ3v) is 4.79. The number of hydrogen-bond donors (Lipinski definition) is 2. The summed E-state index contributed by atoms with van der Waals surface area (Å²) in [5, 5.41) is 5.57. The highest BCUT2D eigenvalue weighted by molar-refractivity contribution is 6.17. The van der Waals surface area contributed by atoms with Crippen molar-refractivity contribution in [1.82, 2.24) is 0 Å². The Morgan fingerprint density at radius 3 is 2.14 bits per heavy atom. The molecule has 0 aliphatic heterocycles. The van der Waals surface area contributed by atoms with E-state index >= 15 is 0 Å². The molecule has 3 rings (SSSR count). The van der Waals surface area contributed by atoms with Crippen molar-refractivity contribution in [2.45, 2.75) is 19.8 Å². The molecular formula is C21H22N2O5. The minimum absolute atomic E-state index is 0.361. The van der Waals surface area contributed by atoms with Gasteiger partial charge in [-0.15, -0.1) is 0 Å². The molecule has 28 heavy (non-hydrogen) atoms. The van der Waals surface area contributed by atoms with E-state index in [2.05, 4.69) is 15.4 Å². The molecule has 2 aromatic carbocycles. The number of anilines is 2. The van der Waals surface area contributed by atoms with Crippen LogP contribution in [-0.4, -0.2) is 32.0 Å². The molecule has 2 N–H and O–H groups in total. The monoisotopic (exact) mass is 382 g/mol. The summed E-state index contributed by atoms with van der Waals surface area (Å²) >= 11 is 0. The Morgan fingerprint density at radius 1 is 0.929 bits per heavy atom. The Bertz CT molecular complexity index is 917. The van der Waals surface area contributed by atoms with E-state index in [9.17, 15) is 14.4 Å². The van der Waals surface area contributed by atoms with Crippen molar-refractivity contribution in [3.8, 4) is 5.75 Å². The summed E-state index contributed by atoms with van der Waals surface area (Å²) < 4.78 is 9.92. The quantitative estimate of drug-likeness (QED) is 0.591. The van der Waals surface area contributed by atoms with Crippen LogP contribution >= 0.6 is 0 Å². The average Bonchev–Trinajstić information content (AvgIpc) is 3.50. The fourth-order valence-electron chi connectivity index (χ4n) is 2.90. The largest absolute Gasteiger partial charge is 0.495 e. The maximum atomic E-state index is 12.8. The van der Waals surface area contributed by atoms with Crippen LogP contribution in [-0.2, 0) is 14.3 Å². The van der Waals surface area contributed by atoms with Crippen LogP contribution in [0.3, 0.4) is 0 Å². The van der Waals surface area contributed by atoms with Crippen molar-refractivity contribution >= 4 is 29.2 Å². The number of carbonyl (C=O) groups excluding carboxylic acids is 3. The Kier molecular flexibility index (Phi) is 5.35. The number of carbonyl (C=O) groups is 3. The van der Waals surface area contributed by atoms with Gasteiger partial charge in [-0.3, -0.25) is 9.59 Å². The molecule has 0 atom stereocenters. The first kappa shape index (κ1) is 19.4. The number of rotatable bonds is 6. The van der Waals surface area contributed by atoms with Gasteiger partial charge < -0.3 is 20.1 Å². The van der Waals surface area contributed by atoms with Gasteiger partial charge in [-0.05, 0) is 61.7 Å². The maximum Gasteiger partial charge on any atom is 0.337 e. The molecule has 2 amide bonds. The first-order valence-electron chi connectivity index (χ1n) is 8.85. The molecule has 1 saturated carbocycles. The number of hydrogen-bond acceptors (Lipinski definition) is 5. The summed E-state index contributed by atoms with van der Waals surface area (Å²) in [6.07, 6.45) is 0.943. The van der Waals surface area contributed by atoms with Gasteiger partial charge in [0.25, 0.3) is 0 Å². The highest BCUT2D eigenvalue weighted by atomic mass is 16.5. The second-order valence-electron chi connectivity index (χ2n) is 6.76. The highest BCUT2D eigenvalue weighted by Crippen LogP contribution is 2.48. The lowest BCUT2D eigenvalue weighted by Crippen LogP contribution is -2.35. The predicted octanol–water partition coefficient (Wildman–Crippen LogP) is 3.15. The molecule has 0 bridgehead atoms. The minimum Gasteiger partial charge on any atom is -0.495 e. The first-order chi connectivity index (χ1) is 13.4. The van der Waals surface area contributed by atoms with E-state index < -0.39 is 11.4 Å². The van der Waals surface area contributed by atoms with Crippen molar-refractivity contribution < 1.29 is 23.9 Å². The lowest BCUT2D eigenvalue weighted by molar-refractivity contribution is -0.131. The van der Waals surface area contributed by atoms with Crippen molar-refractivity contribution in [3.05, 3.63) is 53.6 Å². The third-order valence-electron chi connectivity index (χ3n) is 4.79.